The smallest absolute Gasteiger partial charge is 0.138 e. The van der Waals surface area contributed by atoms with Crippen LogP contribution in [-0.4, -0.2) is 0 Å². The molecule has 0 aromatic heterocycles. The summed E-state index contributed by atoms with van der Waals surface area (Å²) in [6.45, 7) is 2.26. The van der Waals surface area contributed by atoms with E-state index in [1.54, 1.807) is 6.07 Å². The average molecular weight is 439 g/mol. The van der Waals surface area contributed by atoms with Crippen LogP contribution in [0.25, 0.3) is 21.9 Å². The van der Waals surface area contributed by atoms with Crippen LogP contribution in [0.4, 0.5) is 13.2 Å². The van der Waals surface area contributed by atoms with Gasteiger partial charge in [0.15, 0.2) is 0 Å². The van der Waals surface area contributed by atoms with E-state index >= 15 is 4.39 Å². The lowest BCUT2D eigenvalue weighted by atomic mass is 9.76. The van der Waals surface area contributed by atoms with Gasteiger partial charge in [-0.25, -0.2) is 13.2 Å². The standard InChI is InChI=1S/C29H33F3/c1-2-3-4-5-6-7-20-8-10-21(11-9-20)22-12-14-27-23(16-22)13-15-28(29(27)32)24-17-25(30)19-26(31)18-24/h12-21H,2-11H2,1H3. The molecule has 0 bridgehead atoms. The Hall–Kier alpha value is -2.29. The lowest BCUT2D eigenvalue weighted by Crippen LogP contribution is -2.13. The van der Waals surface area contributed by atoms with E-state index in [9.17, 15) is 8.78 Å². The zero-order chi connectivity index (χ0) is 22.5. The third-order valence-electron chi connectivity index (χ3n) is 7.19. The highest BCUT2D eigenvalue weighted by Gasteiger charge is 2.22. The van der Waals surface area contributed by atoms with E-state index in [-0.39, 0.29) is 11.1 Å². The molecule has 0 amide bonds. The lowest BCUT2D eigenvalue weighted by molar-refractivity contribution is 0.302. The van der Waals surface area contributed by atoms with E-state index in [0.717, 1.165) is 17.4 Å². The van der Waals surface area contributed by atoms with E-state index in [0.29, 0.717) is 11.3 Å². The van der Waals surface area contributed by atoms with Crippen LogP contribution in [0.3, 0.4) is 0 Å². The van der Waals surface area contributed by atoms with Crippen molar-refractivity contribution in [3.63, 3.8) is 0 Å². The lowest BCUT2D eigenvalue weighted by Gasteiger charge is -2.29. The summed E-state index contributed by atoms with van der Waals surface area (Å²) in [5.41, 5.74) is 1.73. The van der Waals surface area contributed by atoms with Crippen molar-refractivity contribution in [1.29, 1.82) is 0 Å². The van der Waals surface area contributed by atoms with Crippen molar-refractivity contribution in [2.45, 2.75) is 77.0 Å². The summed E-state index contributed by atoms with van der Waals surface area (Å²) in [4.78, 5) is 0. The zero-order valence-corrected chi connectivity index (χ0v) is 19.0. The Morgan fingerprint density at radius 2 is 1.47 bits per heavy atom. The van der Waals surface area contributed by atoms with Crippen LogP contribution in [-0.2, 0) is 0 Å². The van der Waals surface area contributed by atoms with E-state index in [1.807, 2.05) is 18.2 Å². The number of hydrogen-bond donors (Lipinski definition) is 0. The Balaban J connectivity index is 1.43. The van der Waals surface area contributed by atoms with Crippen molar-refractivity contribution in [1.82, 2.24) is 0 Å². The van der Waals surface area contributed by atoms with E-state index in [1.165, 1.54) is 81.9 Å². The SMILES string of the molecule is CCCCCCCC1CCC(c2ccc3c(F)c(-c4cc(F)cc(F)c4)ccc3c2)CC1. The average Bonchev–Trinajstić information content (AvgIpc) is 2.79. The molecule has 3 heteroatoms. The number of fused-ring (bicyclic) bond motifs is 1. The van der Waals surface area contributed by atoms with Crippen LogP contribution in [0.15, 0.2) is 48.5 Å². The summed E-state index contributed by atoms with van der Waals surface area (Å²) in [5.74, 6) is -0.431. The molecule has 0 atom stereocenters. The van der Waals surface area contributed by atoms with Gasteiger partial charge in [-0.15, -0.1) is 0 Å². The van der Waals surface area contributed by atoms with Gasteiger partial charge < -0.3 is 0 Å². The van der Waals surface area contributed by atoms with Gasteiger partial charge in [-0.1, -0.05) is 75.8 Å². The second-order valence-corrected chi connectivity index (χ2v) is 9.49. The second-order valence-electron chi connectivity index (χ2n) is 9.49. The first-order valence-electron chi connectivity index (χ1n) is 12.2. The van der Waals surface area contributed by atoms with Crippen molar-refractivity contribution in [2.75, 3.05) is 0 Å². The molecule has 170 valence electrons. The van der Waals surface area contributed by atoms with Crippen molar-refractivity contribution >= 4 is 10.8 Å². The minimum absolute atomic E-state index is 0.221. The van der Waals surface area contributed by atoms with Crippen LogP contribution < -0.4 is 0 Å². The fourth-order valence-corrected chi connectivity index (χ4v) is 5.32. The largest absolute Gasteiger partial charge is 0.207 e. The van der Waals surface area contributed by atoms with Crippen LogP contribution >= 0.6 is 0 Å². The Kier molecular flexibility index (Phi) is 7.55. The van der Waals surface area contributed by atoms with Gasteiger partial charge in [-0.3, -0.25) is 0 Å². The van der Waals surface area contributed by atoms with Crippen molar-refractivity contribution in [3.05, 3.63) is 71.5 Å². The molecule has 0 unspecified atom stereocenters. The maximum Gasteiger partial charge on any atom is 0.138 e. The minimum Gasteiger partial charge on any atom is -0.207 e. The molecule has 0 nitrogen and oxygen atoms in total. The Morgan fingerprint density at radius 3 is 2.19 bits per heavy atom. The second kappa shape index (κ2) is 10.6. The molecule has 4 rings (SSSR count). The predicted octanol–water partition coefficient (Wildman–Crippen LogP) is 9.56. The molecule has 0 radical (unpaired) electrons. The van der Waals surface area contributed by atoms with Gasteiger partial charge in [0.05, 0.1) is 0 Å². The topological polar surface area (TPSA) is 0 Å². The van der Waals surface area contributed by atoms with Crippen LogP contribution in [0.2, 0.25) is 0 Å². The number of hydrogen-bond acceptors (Lipinski definition) is 0. The molecular weight excluding hydrogens is 405 g/mol. The Bertz CT molecular complexity index is 1030. The predicted molar refractivity (Wildman–Crippen MR) is 127 cm³/mol. The van der Waals surface area contributed by atoms with Crippen molar-refractivity contribution < 1.29 is 13.2 Å². The molecule has 0 spiro atoms. The maximum absolute atomic E-state index is 15.2. The maximum atomic E-state index is 15.2. The van der Waals surface area contributed by atoms with Gasteiger partial charge in [-0.05, 0) is 66.2 Å². The monoisotopic (exact) mass is 438 g/mol. The van der Waals surface area contributed by atoms with Gasteiger partial charge in [0.25, 0.3) is 0 Å². The molecule has 1 saturated carbocycles. The van der Waals surface area contributed by atoms with E-state index < -0.39 is 17.5 Å². The summed E-state index contributed by atoms with van der Waals surface area (Å²) in [6.07, 6.45) is 13.1. The first-order chi connectivity index (χ1) is 15.5. The molecular formula is C29H33F3. The number of rotatable bonds is 8. The van der Waals surface area contributed by atoms with Gasteiger partial charge in [-0.2, -0.15) is 0 Å². The normalized spacial score (nSPS) is 18.9. The molecule has 0 N–H and O–H groups in total. The summed E-state index contributed by atoms with van der Waals surface area (Å²) in [5, 5.41) is 1.34. The molecule has 32 heavy (non-hydrogen) atoms. The summed E-state index contributed by atoms with van der Waals surface area (Å²) >= 11 is 0. The summed E-state index contributed by atoms with van der Waals surface area (Å²) < 4.78 is 42.4. The quantitative estimate of drug-likeness (QED) is 0.307. The third kappa shape index (κ3) is 5.36. The van der Waals surface area contributed by atoms with E-state index in [2.05, 4.69) is 13.0 Å². The molecule has 0 aliphatic heterocycles. The van der Waals surface area contributed by atoms with Crippen LogP contribution in [0.5, 0.6) is 0 Å². The number of halogens is 3. The fraction of sp³-hybridized carbons (Fsp3) is 0.448. The summed E-state index contributed by atoms with van der Waals surface area (Å²) in [7, 11) is 0. The van der Waals surface area contributed by atoms with Gasteiger partial charge in [0.1, 0.15) is 17.5 Å². The summed E-state index contributed by atoms with van der Waals surface area (Å²) in [6, 6.07) is 12.6. The Labute approximate surface area is 189 Å². The molecule has 1 aliphatic carbocycles. The zero-order valence-electron chi connectivity index (χ0n) is 19.0. The molecule has 0 heterocycles. The van der Waals surface area contributed by atoms with Crippen LogP contribution in [0, 0.1) is 23.4 Å². The highest BCUT2D eigenvalue weighted by atomic mass is 19.1. The molecule has 0 saturated heterocycles. The van der Waals surface area contributed by atoms with Crippen molar-refractivity contribution in [3.8, 4) is 11.1 Å². The van der Waals surface area contributed by atoms with Gasteiger partial charge in [0.2, 0.25) is 0 Å². The van der Waals surface area contributed by atoms with Gasteiger partial charge >= 0.3 is 0 Å². The first kappa shape index (κ1) is 22.9. The first-order valence-corrected chi connectivity index (χ1v) is 12.2. The Morgan fingerprint density at radius 1 is 0.750 bits per heavy atom. The highest BCUT2D eigenvalue weighted by Crippen LogP contribution is 2.39. The third-order valence-corrected chi connectivity index (χ3v) is 7.19. The van der Waals surface area contributed by atoms with Crippen molar-refractivity contribution in [2.24, 2.45) is 5.92 Å². The molecule has 1 fully saturated rings. The highest BCUT2D eigenvalue weighted by molar-refractivity contribution is 5.89. The van der Waals surface area contributed by atoms with Crippen LogP contribution in [0.1, 0.15) is 82.6 Å². The van der Waals surface area contributed by atoms with Gasteiger partial charge in [0, 0.05) is 17.0 Å². The minimum atomic E-state index is -0.702. The molecule has 3 aromatic rings. The number of benzene rings is 3. The number of unbranched alkanes of at least 4 members (excludes halogenated alkanes) is 4. The molecule has 3 aromatic carbocycles. The van der Waals surface area contributed by atoms with E-state index in [4.69, 9.17) is 0 Å². The fourth-order valence-electron chi connectivity index (χ4n) is 5.32. The molecule has 1 aliphatic rings.